The molecule has 0 bridgehead atoms. The molecule has 38 heavy (non-hydrogen) atoms. The number of aromatic nitrogens is 2. The van der Waals surface area contributed by atoms with Crippen LogP contribution in [0.4, 0.5) is 0 Å². The Morgan fingerprint density at radius 2 is 2.05 bits per heavy atom. The van der Waals surface area contributed by atoms with Gasteiger partial charge < -0.3 is 25.8 Å². The number of ether oxygens (including phenoxy) is 2. The van der Waals surface area contributed by atoms with Crippen molar-refractivity contribution < 1.29 is 19.1 Å². The molecule has 2 atom stereocenters. The highest BCUT2D eigenvalue weighted by Crippen LogP contribution is 2.47. The van der Waals surface area contributed by atoms with E-state index in [0.29, 0.717) is 68.2 Å². The van der Waals surface area contributed by atoms with Crippen molar-refractivity contribution in [2.24, 2.45) is 21.9 Å². The first-order valence-corrected chi connectivity index (χ1v) is 13.7. The van der Waals surface area contributed by atoms with E-state index in [2.05, 4.69) is 26.9 Å². The Bertz CT molecular complexity index is 1170. The third kappa shape index (κ3) is 5.37. The summed E-state index contributed by atoms with van der Waals surface area (Å²) < 4.78 is 11.2. The van der Waals surface area contributed by atoms with Crippen molar-refractivity contribution in [1.82, 2.24) is 14.9 Å². The topological polar surface area (TPSA) is 146 Å². The summed E-state index contributed by atoms with van der Waals surface area (Å²) in [6.07, 6.45) is 10.4. The molecule has 2 aliphatic carbocycles. The lowest BCUT2D eigenvalue weighted by molar-refractivity contribution is -0.129. The van der Waals surface area contributed by atoms with E-state index in [-0.39, 0.29) is 35.4 Å². The summed E-state index contributed by atoms with van der Waals surface area (Å²) in [4.78, 5) is 42.4. The number of carbonyl (C=O) groups is 2. The maximum absolute atomic E-state index is 13.8. The predicted octanol–water partition coefficient (Wildman–Crippen LogP) is 2.43. The van der Waals surface area contributed by atoms with E-state index >= 15 is 0 Å². The van der Waals surface area contributed by atoms with Gasteiger partial charge >= 0.3 is 0 Å². The van der Waals surface area contributed by atoms with Gasteiger partial charge in [0, 0.05) is 36.0 Å². The van der Waals surface area contributed by atoms with Crippen LogP contribution in [0.1, 0.15) is 74.1 Å². The first-order chi connectivity index (χ1) is 18.4. The molecule has 3 heterocycles. The molecule has 0 unspecified atom stereocenters. The number of hydrogen-bond acceptors (Lipinski definition) is 10. The van der Waals surface area contributed by atoms with Gasteiger partial charge in [0.05, 0.1) is 36.1 Å². The van der Waals surface area contributed by atoms with E-state index < -0.39 is 5.41 Å². The van der Waals surface area contributed by atoms with Crippen LogP contribution >= 0.6 is 0 Å². The van der Waals surface area contributed by atoms with Crippen molar-refractivity contribution in [2.45, 2.75) is 69.9 Å². The quantitative estimate of drug-likeness (QED) is 0.388. The molecule has 4 aliphatic rings. The zero-order valence-corrected chi connectivity index (χ0v) is 22.2. The number of allylic oxidation sites excluding steroid dienone is 3. The van der Waals surface area contributed by atoms with Crippen molar-refractivity contribution in [3.8, 4) is 5.88 Å². The molecule has 0 amide bonds. The maximum atomic E-state index is 13.8. The molecule has 5 rings (SSSR count). The summed E-state index contributed by atoms with van der Waals surface area (Å²) in [5, 5.41) is 0. The van der Waals surface area contributed by atoms with Crippen LogP contribution in [0.5, 0.6) is 5.88 Å². The highest BCUT2D eigenvalue weighted by molar-refractivity contribution is 6.08. The van der Waals surface area contributed by atoms with Gasteiger partial charge in [-0.3, -0.25) is 14.6 Å². The highest BCUT2D eigenvalue weighted by atomic mass is 16.5. The number of likely N-dealkylation sites (tertiary alicyclic amines) is 1. The van der Waals surface area contributed by atoms with Crippen molar-refractivity contribution >= 4 is 23.5 Å². The van der Waals surface area contributed by atoms with E-state index in [9.17, 15) is 9.59 Å². The van der Waals surface area contributed by atoms with Crippen LogP contribution in [0, 0.1) is 5.41 Å². The lowest BCUT2D eigenvalue weighted by atomic mass is 9.64. The summed E-state index contributed by atoms with van der Waals surface area (Å²) in [5.41, 5.74) is 13.8. The maximum Gasteiger partial charge on any atom is 0.228 e. The molecule has 1 saturated carbocycles. The standard InChI is InChI=1S/C28H38N6O4/c1-34-13-5-6-19(34)17-38-24-14-22(21(29)9-12-31-18-15-37-16-18)32-27(33-24)25(36)20-7-4-11-28(26(20)30)10-3-2-8-23(28)35/h9,12,14,18-19H,2-8,10-11,13,15-17,29-30H2,1H3/b21-9-,31-12?/t19-,28+/m0/s1. The van der Waals surface area contributed by atoms with Crippen molar-refractivity contribution in [3.63, 3.8) is 0 Å². The van der Waals surface area contributed by atoms with Gasteiger partial charge in [0.25, 0.3) is 0 Å². The Balaban J connectivity index is 1.45. The Hall–Kier alpha value is -3.11. The van der Waals surface area contributed by atoms with Crippen molar-refractivity contribution in [3.05, 3.63) is 34.9 Å². The van der Waals surface area contributed by atoms with Gasteiger partial charge in [-0.1, -0.05) is 6.42 Å². The predicted molar refractivity (Wildman–Crippen MR) is 144 cm³/mol. The lowest BCUT2D eigenvalue weighted by Crippen LogP contribution is -2.42. The van der Waals surface area contributed by atoms with Crippen LogP contribution in [-0.4, -0.2) is 78.1 Å². The first-order valence-electron chi connectivity index (χ1n) is 13.7. The summed E-state index contributed by atoms with van der Waals surface area (Å²) in [6.45, 7) is 2.69. The molecule has 204 valence electrons. The minimum atomic E-state index is -0.730. The molecule has 0 aromatic carbocycles. The molecule has 0 radical (unpaired) electrons. The van der Waals surface area contributed by atoms with Gasteiger partial charge in [-0.15, -0.1) is 0 Å². The fourth-order valence-corrected chi connectivity index (χ4v) is 5.90. The van der Waals surface area contributed by atoms with E-state index in [1.807, 2.05) is 0 Å². The average Bonchev–Trinajstić information content (AvgIpc) is 3.31. The number of nitrogens with two attached hydrogens (primary N) is 2. The fourth-order valence-electron chi connectivity index (χ4n) is 5.90. The van der Waals surface area contributed by atoms with Gasteiger partial charge in [-0.05, 0) is 64.6 Å². The largest absolute Gasteiger partial charge is 0.476 e. The molecule has 4 N–H and O–H groups in total. The monoisotopic (exact) mass is 522 g/mol. The number of aliphatic imine (C=N–C) groups is 1. The van der Waals surface area contributed by atoms with Gasteiger partial charge in [0.2, 0.25) is 17.5 Å². The minimum Gasteiger partial charge on any atom is -0.476 e. The summed E-state index contributed by atoms with van der Waals surface area (Å²) in [6, 6.07) is 2.08. The van der Waals surface area contributed by atoms with E-state index in [1.165, 1.54) is 0 Å². The molecule has 1 spiro atoms. The Morgan fingerprint density at radius 1 is 1.24 bits per heavy atom. The zero-order valence-electron chi connectivity index (χ0n) is 22.2. The molecule has 1 aromatic rings. The molecule has 10 nitrogen and oxygen atoms in total. The van der Waals surface area contributed by atoms with Crippen LogP contribution in [0.3, 0.4) is 0 Å². The number of nitrogens with zero attached hydrogens (tertiary/aromatic N) is 4. The Labute approximate surface area is 223 Å². The number of hydrogen-bond donors (Lipinski definition) is 2. The second kappa shape index (κ2) is 11.3. The van der Waals surface area contributed by atoms with Crippen molar-refractivity contribution in [2.75, 3.05) is 33.4 Å². The number of likely N-dealkylation sites (N-methyl/N-ethyl adjacent to an activating group) is 1. The molecule has 3 fully saturated rings. The summed E-state index contributed by atoms with van der Waals surface area (Å²) >= 11 is 0. The number of ketones is 2. The molecule has 10 heteroatoms. The number of Topliss-reactive ketones (excluding diaryl/α,β-unsaturated/α-hetero) is 2. The Kier molecular flexibility index (Phi) is 7.90. The number of carbonyl (C=O) groups excluding carboxylic acids is 2. The van der Waals surface area contributed by atoms with Crippen LogP contribution in [-0.2, 0) is 9.53 Å². The van der Waals surface area contributed by atoms with Crippen LogP contribution in [0.2, 0.25) is 0 Å². The second-order valence-corrected chi connectivity index (χ2v) is 10.9. The average molecular weight is 523 g/mol. The van der Waals surface area contributed by atoms with E-state index in [0.717, 1.165) is 38.6 Å². The van der Waals surface area contributed by atoms with Crippen LogP contribution in [0.25, 0.3) is 5.70 Å². The fraction of sp³-hybridized carbons (Fsp3) is 0.607. The van der Waals surface area contributed by atoms with Gasteiger partial charge in [0.15, 0.2) is 0 Å². The number of rotatable bonds is 8. The summed E-state index contributed by atoms with van der Waals surface area (Å²) in [7, 11) is 2.08. The van der Waals surface area contributed by atoms with Gasteiger partial charge in [0.1, 0.15) is 12.4 Å². The van der Waals surface area contributed by atoms with Gasteiger partial charge in [-0.25, -0.2) is 4.98 Å². The lowest BCUT2D eigenvalue weighted by Gasteiger charge is -2.40. The van der Waals surface area contributed by atoms with E-state index in [4.69, 9.17) is 20.9 Å². The first kappa shape index (κ1) is 26.5. The molecular formula is C28H38N6O4. The normalized spacial score (nSPS) is 27.3. The molecular weight excluding hydrogens is 484 g/mol. The SMILES string of the molecule is CN1CCC[C@H]1COc1cc(/C(N)=C/C=NC2COC2)nc(C(=O)C2=C(N)[C@]3(CCCCC3=O)CCC2)n1. The zero-order chi connectivity index (χ0) is 26.7. The summed E-state index contributed by atoms with van der Waals surface area (Å²) in [5.74, 6) is 0.0562. The molecule has 2 aliphatic heterocycles. The third-order valence-corrected chi connectivity index (χ3v) is 8.40. The smallest absolute Gasteiger partial charge is 0.228 e. The molecule has 1 aromatic heterocycles. The molecule has 2 saturated heterocycles. The van der Waals surface area contributed by atoms with Gasteiger partial charge in [-0.2, -0.15) is 4.98 Å². The second-order valence-electron chi connectivity index (χ2n) is 10.9. The van der Waals surface area contributed by atoms with Crippen LogP contribution in [0.15, 0.2) is 28.4 Å². The van der Waals surface area contributed by atoms with E-state index in [1.54, 1.807) is 18.4 Å². The third-order valence-electron chi connectivity index (χ3n) is 8.40. The Morgan fingerprint density at radius 3 is 2.76 bits per heavy atom. The minimum absolute atomic E-state index is 0.0174. The van der Waals surface area contributed by atoms with Crippen molar-refractivity contribution in [1.29, 1.82) is 0 Å². The van der Waals surface area contributed by atoms with Crippen LogP contribution < -0.4 is 16.2 Å². The highest BCUT2D eigenvalue weighted by Gasteiger charge is 2.46.